The lowest BCUT2D eigenvalue weighted by molar-refractivity contribution is -0.143. The Morgan fingerprint density at radius 2 is 1.44 bits per heavy atom. The van der Waals surface area contributed by atoms with Crippen molar-refractivity contribution in [1.29, 1.82) is 0 Å². The fourth-order valence-electron chi connectivity index (χ4n) is 1.65. The number of hydrogen-bond donors (Lipinski definition) is 2. The molecule has 0 heterocycles. The summed E-state index contributed by atoms with van der Waals surface area (Å²) in [6.45, 7) is 5.70. The summed E-state index contributed by atoms with van der Waals surface area (Å²) in [6.07, 6.45) is 2.56. The van der Waals surface area contributed by atoms with Crippen LogP contribution in [0.2, 0.25) is 0 Å². The molecule has 0 aliphatic heterocycles. The van der Waals surface area contributed by atoms with Crippen LogP contribution < -0.4 is 5.73 Å². The number of benzene rings is 1. The van der Waals surface area contributed by atoms with Crippen LogP contribution in [0.15, 0.2) is 36.4 Å². The van der Waals surface area contributed by atoms with Crippen molar-refractivity contribution in [3.05, 3.63) is 36.4 Å². The maximum absolute atomic E-state index is 10.7. The first kappa shape index (κ1) is 16.6. The van der Waals surface area contributed by atoms with Gasteiger partial charge in [-0.05, 0) is 19.3 Å². The lowest BCUT2D eigenvalue weighted by atomic mass is 9.87. The minimum atomic E-state index is -1.06. The Kier molecular flexibility index (Phi) is 8.05. The van der Waals surface area contributed by atoms with Crippen LogP contribution >= 0.6 is 0 Å². The molecular formula is C15H25NO2. The lowest BCUT2D eigenvalue weighted by Crippen LogP contribution is -2.46. The maximum atomic E-state index is 10.7. The second kappa shape index (κ2) is 8.70. The van der Waals surface area contributed by atoms with Gasteiger partial charge in [0.1, 0.15) is 5.54 Å². The average molecular weight is 251 g/mol. The molecule has 0 saturated heterocycles. The van der Waals surface area contributed by atoms with Gasteiger partial charge in [0, 0.05) is 0 Å². The highest BCUT2D eigenvalue weighted by Gasteiger charge is 2.29. The van der Waals surface area contributed by atoms with Crippen molar-refractivity contribution in [2.45, 2.75) is 45.6 Å². The normalized spacial score (nSPS) is 13.4. The molecule has 0 fully saturated rings. The molecule has 1 rings (SSSR count). The molecule has 3 N–H and O–H groups in total. The molecule has 0 spiro atoms. The molecule has 0 radical (unpaired) electrons. The van der Waals surface area contributed by atoms with Gasteiger partial charge in [-0.15, -0.1) is 0 Å². The number of rotatable bonds is 5. The van der Waals surface area contributed by atoms with Crippen molar-refractivity contribution in [3.63, 3.8) is 0 Å². The van der Waals surface area contributed by atoms with Crippen LogP contribution in [-0.4, -0.2) is 16.6 Å². The first-order valence-corrected chi connectivity index (χ1v) is 6.46. The molecule has 0 aromatic heterocycles. The van der Waals surface area contributed by atoms with Crippen molar-refractivity contribution in [2.75, 3.05) is 0 Å². The Labute approximate surface area is 110 Å². The van der Waals surface area contributed by atoms with Gasteiger partial charge >= 0.3 is 5.97 Å². The van der Waals surface area contributed by atoms with Gasteiger partial charge in [-0.2, -0.15) is 0 Å². The van der Waals surface area contributed by atoms with E-state index in [0.717, 1.165) is 12.8 Å². The van der Waals surface area contributed by atoms with Gasteiger partial charge in [-0.3, -0.25) is 4.79 Å². The van der Waals surface area contributed by atoms with Gasteiger partial charge in [0.2, 0.25) is 0 Å². The highest BCUT2D eigenvalue weighted by atomic mass is 16.4. The molecule has 0 aliphatic carbocycles. The summed E-state index contributed by atoms with van der Waals surface area (Å²) in [5, 5.41) is 8.76. The van der Waals surface area contributed by atoms with Gasteiger partial charge in [-0.25, -0.2) is 0 Å². The van der Waals surface area contributed by atoms with E-state index in [-0.39, 0.29) is 0 Å². The van der Waals surface area contributed by atoms with Crippen molar-refractivity contribution in [2.24, 2.45) is 11.7 Å². The number of carbonyl (C=O) groups is 1. The van der Waals surface area contributed by atoms with Crippen LogP contribution in [0.3, 0.4) is 0 Å². The number of carboxylic acid groups (broad SMARTS) is 1. The topological polar surface area (TPSA) is 63.3 Å². The third-order valence-electron chi connectivity index (χ3n) is 3.02. The molecule has 1 atom stereocenters. The maximum Gasteiger partial charge on any atom is 0.323 e. The molecule has 0 saturated carbocycles. The highest BCUT2D eigenvalue weighted by molar-refractivity contribution is 5.77. The summed E-state index contributed by atoms with van der Waals surface area (Å²) in [7, 11) is 0. The van der Waals surface area contributed by atoms with Gasteiger partial charge in [0.05, 0.1) is 0 Å². The molecule has 18 heavy (non-hydrogen) atoms. The molecule has 0 amide bonds. The largest absolute Gasteiger partial charge is 0.480 e. The van der Waals surface area contributed by atoms with Crippen LogP contribution in [0.4, 0.5) is 0 Å². The first-order chi connectivity index (χ1) is 8.44. The van der Waals surface area contributed by atoms with Crippen LogP contribution in [0.25, 0.3) is 0 Å². The monoisotopic (exact) mass is 251 g/mol. The summed E-state index contributed by atoms with van der Waals surface area (Å²) >= 11 is 0. The summed E-state index contributed by atoms with van der Waals surface area (Å²) < 4.78 is 0. The summed E-state index contributed by atoms with van der Waals surface area (Å²) in [5.41, 5.74) is 4.55. The van der Waals surface area contributed by atoms with Crippen molar-refractivity contribution in [3.8, 4) is 0 Å². The fourth-order valence-corrected chi connectivity index (χ4v) is 1.65. The van der Waals surface area contributed by atoms with E-state index in [9.17, 15) is 4.79 Å². The van der Waals surface area contributed by atoms with E-state index in [0.29, 0.717) is 12.3 Å². The zero-order valence-corrected chi connectivity index (χ0v) is 11.6. The molecule has 0 aliphatic rings. The van der Waals surface area contributed by atoms with E-state index < -0.39 is 11.5 Å². The molecule has 3 nitrogen and oxygen atoms in total. The number of hydrogen-bond acceptors (Lipinski definition) is 2. The highest BCUT2D eigenvalue weighted by Crippen LogP contribution is 2.20. The van der Waals surface area contributed by atoms with E-state index in [1.54, 1.807) is 6.92 Å². The Morgan fingerprint density at radius 1 is 1.11 bits per heavy atom. The molecule has 1 aromatic carbocycles. The van der Waals surface area contributed by atoms with Gasteiger partial charge in [0.25, 0.3) is 0 Å². The van der Waals surface area contributed by atoms with Crippen LogP contribution in [-0.2, 0) is 4.79 Å². The lowest BCUT2D eigenvalue weighted by Gasteiger charge is -2.24. The number of carboxylic acids is 1. The molecule has 0 bridgehead atoms. The Hall–Kier alpha value is -1.35. The van der Waals surface area contributed by atoms with E-state index >= 15 is 0 Å². The predicted octanol–water partition coefficient (Wildman–Crippen LogP) is 3.30. The minimum Gasteiger partial charge on any atom is -0.480 e. The number of aliphatic carboxylic acids is 1. The standard InChI is InChI=1S/C9H19NO2.C6H6/c1-4-7(5-2)6-9(3,10)8(11)12;1-2-4-6-5-3-1/h7H,4-6,10H2,1-3H3,(H,11,12);1-6H/t9-;/m0./s1. The van der Waals surface area contributed by atoms with E-state index in [1.165, 1.54) is 0 Å². The Balaban J connectivity index is 0.000000397. The average Bonchev–Trinajstić information content (AvgIpc) is 2.38. The van der Waals surface area contributed by atoms with E-state index in [1.807, 2.05) is 36.4 Å². The molecule has 102 valence electrons. The van der Waals surface area contributed by atoms with Gasteiger partial charge in [0.15, 0.2) is 0 Å². The summed E-state index contributed by atoms with van der Waals surface area (Å²) in [6, 6.07) is 12.0. The van der Waals surface area contributed by atoms with Crippen molar-refractivity contribution in [1.82, 2.24) is 0 Å². The third-order valence-corrected chi connectivity index (χ3v) is 3.02. The van der Waals surface area contributed by atoms with Crippen LogP contribution in [0.5, 0.6) is 0 Å². The second-order valence-electron chi connectivity index (χ2n) is 4.76. The van der Waals surface area contributed by atoms with E-state index in [2.05, 4.69) is 13.8 Å². The molecular weight excluding hydrogens is 226 g/mol. The van der Waals surface area contributed by atoms with Gasteiger partial charge in [-0.1, -0.05) is 63.1 Å². The summed E-state index contributed by atoms with van der Waals surface area (Å²) in [5.74, 6) is -0.481. The SMILES string of the molecule is CCC(CC)C[C@](C)(N)C(=O)O.c1ccccc1. The smallest absolute Gasteiger partial charge is 0.323 e. The third kappa shape index (κ3) is 7.07. The van der Waals surface area contributed by atoms with Crippen molar-refractivity contribution >= 4 is 5.97 Å². The van der Waals surface area contributed by atoms with Crippen molar-refractivity contribution < 1.29 is 9.90 Å². The minimum absolute atomic E-state index is 0.427. The predicted molar refractivity (Wildman–Crippen MR) is 75.4 cm³/mol. The number of nitrogens with two attached hydrogens (primary N) is 1. The Bertz CT molecular complexity index is 292. The van der Waals surface area contributed by atoms with Crippen LogP contribution in [0.1, 0.15) is 40.0 Å². The second-order valence-corrected chi connectivity index (χ2v) is 4.76. The van der Waals surface area contributed by atoms with Gasteiger partial charge < -0.3 is 10.8 Å². The Morgan fingerprint density at radius 3 is 1.67 bits per heavy atom. The fraction of sp³-hybridized carbons (Fsp3) is 0.533. The summed E-state index contributed by atoms with van der Waals surface area (Å²) in [4.78, 5) is 10.7. The van der Waals surface area contributed by atoms with E-state index in [4.69, 9.17) is 10.8 Å². The zero-order chi connectivity index (χ0) is 14.0. The quantitative estimate of drug-likeness (QED) is 0.844. The molecule has 1 aromatic rings. The first-order valence-electron chi connectivity index (χ1n) is 6.46. The van der Waals surface area contributed by atoms with Crippen LogP contribution in [0, 0.1) is 5.92 Å². The molecule has 3 heteroatoms. The molecule has 0 unspecified atom stereocenters. The zero-order valence-electron chi connectivity index (χ0n) is 11.6.